The summed E-state index contributed by atoms with van der Waals surface area (Å²) in [6, 6.07) is 19.3. The molecule has 9 nitrogen and oxygen atoms in total. The average molecular weight is 518 g/mol. The molecule has 1 unspecified atom stereocenters. The SMILES string of the molecule is Cc1ccc(CN(Cc2ccccc2)C(=O)CN(CC2CCCO2)C(=O)C=Cc2ccc([N+](=O)[O-])cc2)o1. The van der Waals surface area contributed by atoms with E-state index in [1.807, 2.05) is 49.4 Å². The summed E-state index contributed by atoms with van der Waals surface area (Å²) in [5.74, 6) is 0.888. The highest BCUT2D eigenvalue weighted by molar-refractivity contribution is 5.94. The van der Waals surface area contributed by atoms with E-state index in [9.17, 15) is 19.7 Å². The largest absolute Gasteiger partial charge is 0.464 e. The number of furan rings is 1. The van der Waals surface area contributed by atoms with Gasteiger partial charge in [0.25, 0.3) is 5.69 Å². The molecule has 1 saturated heterocycles. The molecule has 0 saturated carbocycles. The van der Waals surface area contributed by atoms with Crippen molar-refractivity contribution in [2.24, 2.45) is 0 Å². The van der Waals surface area contributed by atoms with E-state index in [4.69, 9.17) is 9.15 Å². The molecule has 2 amide bonds. The normalized spacial score (nSPS) is 15.0. The van der Waals surface area contributed by atoms with Gasteiger partial charge in [0.05, 0.1) is 17.6 Å². The second-order valence-electron chi connectivity index (χ2n) is 9.28. The first-order valence-corrected chi connectivity index (χ1v) is 12.6. The van der Waals surface area contributed by atoms with Crippen molar-refractivity contribution in [3.63, 3.8) is 0 Å². The van der Waals surface area contributed by atoms with Crippen molar-refractivity contribution < 1.29 is 23.7 Å². The van der Waals surface area contributed by atoms with Crippen molar-refractivity contribution in [1.29, 1.82) is 0 Å². The number of carbonyl (C=O) groups excluding carboxylic acids is 2. The number of nitro benzene ring substituents is 1. The molecule has 3 aromatic rings. The van der Waals surface area contributed by atoms with Crippen LogP contribution in [0.3, 0.4) is 0 Å². The number of ether oxygens (including phenoxy) is 1. The number of benzene rings is 2. The molecule has 2 heterocycles. The lowest BCUT2D eigenvalue weighted by molar-refractivity contribution is -0.384. The van der Waals surface area contributed by atoms with E-state index in [0.717, 1.165) is 24.2 Å². The van der Waals surface area contributed by atoms with E-state index in [1.165, 1.54) is 23.1 Å². The number of hydrogen-bond acceptors (Lipinski definition) is 6. The standard InChI is InChI=1S/C29H31N3O6/c1-22-9-15-27(38-22)20-30(18-24-6-3-2-4-7-24)29(34)21-31(19-26-8-5-17-37-26)28(33)16-12-23-10-13-25(14-11-23)32(35)36/h2-4,6-7,9-16,26H,5,8,17-21H2,1H3. The van der Waals surface area contributed by atoms with Gasteiger partial charge in [0.15, 0.2) is 0 Å². The van der Waals surface area contributed by atoms with Crippen LogP contribution in [0.25, 0.3) is 6.08 Å². The number of nitro groups is 1. The summed E-state index contributed by atoms with van der Waals surface area (Å²) in [5, 5.41) is 10.9. The minimum absolute atomic E-state index is 0.0238. The first kappa shape index (κ1) is 26.8. The van der Waals surface area contributed by atoms with Crippen molar-refractivity contribution in [3.05, 3.63) is 106 Å². The van der Waals surface area contributed by atoms with Crippen LogP contribution in [0.5, 0.6) is 0 Å². The first-order valence-electron chi connectivity index (χ1n) is 12.6. The molecule has 1 aromatic heterocycles. The number of carbonyl (C=O) groups is 2. The zero-order valence-electron chi connectivity index (χ0n) is 21.3. The molecule has 0 N–H and O–H groups in total. The van der Waals surface area contributed by atoms with Gasteiger partial charge in [-0.05, 0) is 61.2 Å². The summed E-state index contributed by atoms with van der Waals surface area (Å²) in [6.07, 6.45) is 4.59. The molecular weight excluding hydrogens is 486 g/mol. The molecule has 4 rings (SSSR count). The van der Waals surface area contributed by atoms with E-state index in [-0.39, 0.29) is 36.7 Å². The Balaban J connectivity index is 1.50. The van der Waals surface area contributed by atoms with Gasteiger partial charge in [-0.2, -0.15) is 0 Å². The quantitative estimate of drug-likeness (QED) is 0.207. The highest BCUT2D eigenvalue weighted by Crippen LogP contribution is 2.17. The van der Waals surface area contributed by atoms with Gasteiger partial charge < -0.3 is 19.0 Å². The molecule has 0 spiro atoms. The summed E-state index contributed by atoms with van der Waals surface area (Å²) in [4.78, 5) is 40.4. The van der Waals surface area contributed by atoms with Gasteiger partial charge in [0, 0.05) is 37.9 Å². The maximum Gasteiger partial charge on any atom is 0.269 e. The summed E-state index contributed by atoms with van der Waals surface area (Å²) in [5.41, 5.74) is 1.59. The highest BCUT2D eigenvalue weighted by atomic mass is 16.6. The third kappa shape index (κ3) is 7.63. The van der Waals surface area contributed by atoms with Crippen LogP contribution in [-0.2, 0) is 27.4 Å². The van der Waals surface area contributed by atoms with Gasteiger partial charge in [-0.25, -0.2) is 0 Å². The van der Waals surface area contributed by atoms with Crippen LogP contribution in [0.2, 0.25) is 0 Å². The van der Waals surface area contributed by atoms with Crippen LogP contribution >= 0.6 is 0 Å². The summed E-state index contributed by atoms with van der Waals surface area (Å²) in [7, 11) is 0. The maximum atomic E-state index is 13.6. The van der Waals surface area contributed by atoms with Gasteiger partial charge >= 0.3 is 0 Å². The van der Waals surface area contributed by atoms with Crippen LogP contribution in [-0.4, -0.2) is 52.3 Å². The van der Waals surface area contributed by atoms with Crippen molar-refractivity contribution in [3.8, 4) is 0 Å². The second kappa shape index (κ2) is 12.8. The smallest absolute Gasteiger partial charge is 0.269 e. The molecule has 1 aliphatic rings. The van der Waals surface area contributed by atoms with E-state index in [0.29, 0.717) is 31.0 Å². The molecule has 0 radical (unpaired) electrons. The summed E-state index contributed by atoms with van der Waals surface area (Å²) in [6.45, 7) is 3.33. The van der Waals surface area contributed by atoms with E-state index >= 15 is 0 Å². The Bertz CT molecular complexity index is 1260. The Morgan fingerprint density at radius 3 is 2.42 bits per heavy atom. The van der Waals surface area contributed by atoms with Gasteiger partial charge in [0.1, 0.15) is 18.1 Å². The van der Waals surface area contributed by atoms with Crippen LogP contribution in [0.15, 0.2) is 77.2 Å². The number of amides is 2. The molecule has 198 valence electrons. The van der Waals surface area contributed by atoms with Crippen molar-refractivity contribution in [1.82, 2.24) is 9.80 Å². The fraction of sp³-hybridized carbons (Fsp3) is 0.310. The molecule has 0 aliphatic carbocycles. The Labute approximate surface area is 221 Å². The molecule has 9 heteroatoms. The number of non-ortho nitro benzene ring substituents is 1. The minimum Gasteiger partial charge on any atom is -0.464 e. The Morgan fingerprint density at radius 2 is 1.79 bits per heavy atom. The van der Waals surface area contributed by atoms with Crippen LogP contribution in [0.1, 0.15) is 35.5 Å². The predicted octanol–water partition coefficient (Wildman–Crippen LogP) is 4.75. The highest BCUT2D eigenvalue weighted by Gasteiger charge is 2.26. The maximum absolute atomic E-state index is 13.6. The van der Waals surface area contributed by atoms with Gasteiger partial charge in [-0.1, -0.05) is 30.3 Å². The fourth-order valence-corrected chi connectivity index (χ4v) is 4.30. The Morgan fingerprint density at radius 1 is 1.03 bits per heavy atom. The first-order chi connectivity index (χ1) is 18.4. The van der Waals surface area contributed by atoms with Crippen molar-refractivity contribution >= 4 is 23.6 Å². The fourth-order valence-electron chi connectivity index (χ4n) is 4.30. The Kier molecular flexibility index (Phi) is 9.05. The average Bonchev–Trinajstić information content (AvgIpc) is 3.58. The van der Waals surface area contributed by atoms with Crippen LogP contribution in [0, 0.1) is 17.0 Å². The molecule has 1 fully saturated rings. The molecule has 1 atom stereocenters. The third-order valence-corrected chi connectivity index (χ3v) is 6.32. The van der Waals surface area contributed by atoms with Crippen molar-refractivity contribution in [2.45, 2.75) is 39.0 Å². The lowest BCUT2D eigenvalue weighted by atomic mass is 10.1. The van der Waals surface area contributed by atoms with Gasteiger partial charge in [-0.15, -0.1) is 0 Å². The van der Waals surface area contributed by atoms with Crippen LogP contribution in [0.4, 0.5) is 5.69 Å². The monoisotopic (exact) mass is 517 g/mol. The van der Waals surface area contributed by atoms with E-state index in [2.05, 4.69) is 0 Å². The molecule has 38 heavy (non-hydrogen) atoms. The van der Waals surface area contributed by atoms with E-state index < -0.39 is 4.92 Å². The zero-order valence-corrected chi connectivity index (χ0v) is 21.3. The predicted molar refractivity (Wildman–Crippen MR) is 142 cm³/mol. The summed E-state index contributed by atoms with van der Waals surface area (Å²) < 4.78 is 11.5. The Hall–Kier alpha value is -4.24. The topological polar surface area (TPSA) is 106 Å². The molecular formula is C29H31N3O6. The molecule has 0 bridgehead atoms. The second-order valence-corrected chi connectivity index (χ2v) is 9.28. The van der Waals surface area contributed by atoms with E-state index in [1.54, 1.807) is 23.1 Å². The minimum atomic E-state index is -0.473. The lowest BCUT2D eigenvalue weighted by Gasteiger charge is -2.28. The lowest BCUT2D eigenvalue weighted by Crippen LogP contribution is -2.44. The van der Waals surface area contributed by atoms with Gasteiger partial charge in [-0.3, -0.25) is 19.7 Å². The van der Waals surface area contributed by atoms with Crippen LogP contribution < -0.4 is 0 Å². The van der Waals surface area contributed by atoms with Crippen molar-refractivity contribution in [2.75, 3.05) is 19.7 Å². The number of rotatable bonds is 11. The summed E-state index contributed by atoms with van der Waals surface area (Å²) >= 11 is 0. The third-order valence-electron chi connectivity index (χ3n) is 6.32. The number of aryl methyl sites for hydroxylation is 1. The number of nitrogens with zero attached hydrogens (tertiary/aromatic N) is 3. The molecule has 1 aliphatic heterocycles. The number of hydrogen-bond donors (Lipinski definition) is 0. The van der Waals surface area contributed by atoms with Gasteiger partial charge in [0.2, 0.25) is 11.8 Å². The zero-order chi connectivity index (χ0) is 26.9. The molecule has 2 aromatic carbocycles.